The predicted molar refractivity (Wildman–Crippen MR) is 106 cm³/mol. The van der Waals surface area contributed by atoms with Gasteiger partial charge in [-0.25, -0.2) is 4.99 Å². The largest absolute Gasteiger partial charge is 0.494 e. The highest BCUT2D eigenvalue weighted by atomic mass is 32.2. The molecule has 26 heavy (non-hydrogen) atoms. The minimum atomic E-state index is -0.0319. The summed E-state index contributed by atoms with van der Waals surface area (Å²) < 4.78 is 11.0. The number of aryl methyl sites for hydroxylation is 1. The van der Waals surface area contributed by atoms with E-state index in [0.717, 1.165) is 23.6 Å². The zero-order valence-electron chi connectivity index (χ0n) is 15.2. The van der Waals surface area contributed by atoms with Crippen molar-refractivity contribution >= 4 is 34.6 Å². The van der Waals surface area contributed by atoms with Gasteiger partial charge in [-0.05, 0) is 68.4 Å². The second-order valence-electron chi connectivity index (χ2n) is 5.84. The van der Waals surface area contributed by atoms with Crippen LogP contribution in [0, 0.1) is 6.92 Å². The molecule has 0 unspecified atom stereocenters. The smallest absolute Gasteiger partial charge is 0.266 e. The fourth-order valence-electron chi connectivity index (χ4n) is 2.57. The van der Waals surface area contributed by atoms with E-state index in [4.69, 9.17) is 9.15 Å². The van der Waals surface area contributed by atoms with Gasteiger partial charge < -0.3 is 9.15 Å². The number of hydrogen-bond donors (Lipinski definition) is 0. The summed E-state index contributed by atoms with van der Waals surface area (Å²) in [5.41, 5.74) is 0.792. The molecule has 0 bridgehead atoms. The zero-order valence-corrected chi connectivity index (χ0v) is 16.0. The van der Waals surface area contributed by atoms with Crippen molar-refractivity contribution in [3.05, 3.63) is 52.8 Å². The van der Waals surface area contributed by atoms with Gasteiger partial charge in [0.1, 0.15) is 17.3 Å². The van der Waals surface area contributed by atoms with Gasteiger partial charge in [-0.3, -0.25) is 9.69 Å². The Morgan fingerprint density at radius 2 is 1.96 bits per heavy atom. The maximum atomic E-state index is 12.7. The van der Waals surface area contributed by atoms with Crippen LogP contribution in [0.15, 0.2) is 50.7 Å². The minimum Gasteiger partial charge on any atom is -0.494 e. The Kier molecular flexibility index (Phi) is 5.83. The first-order valence-electron chi connectivity index (χ1n) is 8.70. The number of thioether (sulfide) groups is 1. The van der Waals surface area contributed by atoms with E-state index in [1.54, 1.807) is 11.0 Å². The summed E-state index contributed by atoms with van der Waals surface area (Å²) in [4.78, 5) is 19.8. The molecule has 1 saturated heterocycles. The minimum absolute atomic E-state index is 0.0319. The number of furan rings is 1. The highest BCUT2D eigenvalue weighted by molar-refractivity contribution is 8.18. The molecule has 6 heteroatoms. The Bertz CT molecular complexity index is 837. The van der Waals surface area contributed by atoms with Gasteiger partial charge in [0.15, 0.2) is 5.17 Å². The van der Waals surface area contributed by atoms with Crippen molar-refractivity contribution in [2.45, 2.75) is 27.2 Å². The lowest BCUT2D eigenvalue weighted by atomic mass is 10.3. The van der Waals surface area contributed by atoms with E-state index < -0.39 is 0 Å². The fraction of sp³-hybridized carbons (Fsp3) is 0.300. The number of nitrogens with zero attached hydrogens (tertiary/aromatic N) is 2. The molecule has 0 aliphatic carbocycles. The standard InChI is InChI=1S/C20H22N2O3S/c1-4-12-22-19(23)18(13-17-9-6-14(3)25-17)26-20(22)21-15-7-10-16(11-8-15)24-5-2/h6-11,13H,4-5,12H2,1-3H3/b18-13-,21-20?. The molecule has 136 valence electrons. The third-order valence-corrected chi connectivity index (χ3v) is 4.75. The second kappa shape index (κ2) is 8.27. The summed E-state index contributed by atoms with van der Waals surface area (Å²) in [6, 6.07) is 11.3. The van der Waals surface area contributed by atoms with E-state index in [9.17, 15) is 4.79 Å². The van der Waals surface area contributed by atoms with Crippen molar-refractivity contribution in [1.29, 1.82) is 0 Å². The quantitative estimate of drug-likeness (QED) is 0.672. The summed E-state index contributed by atoms with van der Waals surface area (Å²) in [6.45, 7) is 7.14. The molecule has 1 amide bonds. The number of amides is 1. The number of ether oxygens (including phenoxy) is 1. The first-order valence-corrected chi connectivity index (χ1v) is 9.51. The first-order chi connectivity index (χ1) is 12.6. The topological polar surface area (TPSA) is 55.0 Å². The number of benzene rings is 1. The maximum absolute atomic E-state index is 12.7. The number of carbonyl (C=O) groups excluding carboxylic acids is 1. The average Bonchev–Trinajstić information content (AvgIpc) is 3.16. The van der Waals surface area contributed by atoms with E-state index in [0.29, 0.717) is 29.0 Å². The van der Waals surface area contributed by atoms with Gasteiger partial charge in [0, 0.05) is 12.6 Å². The monoisotopic (exact) mass is 370 g/mol. The van der Waals surface area contributed by atoms with E-state index in [1.165, 1.54) is 11.8 Å². The summed E-state index contributed by atoms with van der Waals surface area (Å²) >= 11 is 1.38. The van der Waals surface area contributed by atoms with E-state index in [2.05, 4.69) is 4.99 Å². The molecule has 2 aromatic rings. The molecule has 0 N–H and O–H groups in total. The van der Waals surface area contributed by atoms with Crippen LogP contribution in [-0.4, -0.2) is 29.1 Å². The van der Waals surface area contributed by atoms with Crippen molar-refractivity contribution in [3.63, 3.8) is 0 Å². The van der Waals surface area contributed by atoms with Crippen LogP contribution in [0.25, 0.3) is 6.08 Å². The van der Waals surface area contributed by atoms with Crippen LogP contribution in [0.2, 0.25) is 0 Å². The first kappa shape index (κ1) is 18.3. The van der Waals surface area contributed by atoms with E-state index in [1.807, 2.05) is 57.2 Å². The van der Waals surface area contributed by atoms with Crippen LogP contribution >= 0.6 is 11.8 Å². The molecule has 0 atom stereocenters. The number of hydrogen-bond acceptors (Lipinski definition) is 5. The van der Waals surface area contributed by atoms with E-state index in [-0.39, 0.29) is 5.91 Å². The molecular formula is C20H22N2O3S. The Morgan fingerprint density at radius 1 is 1.19 bits per heavy atom. The molecule has 1 aromatic carbocycles. The number of rotatable bonds is 6. The second-order valence-corrected chi connectivity index (χ2v) is 6.85. The van der Waals surface area contributed by atoms with E-state index >= 15 is 0 Å². The van der Waals surface area contributed by atoms with Crippen molar-refractivity contribution in [2.75, 3.05) is 13.2 Å². The summed E-state index contributed by atoms with van der Waals surface area (Å²) in [7, 11) is 0. The Labute approximate surface area is 157 Å². The summed E-state index contributed by atoms with van der Waals surface area (Å²) in [6.07, 6.45) is 2.64. The molecule has 5 nitrogen and oxygen atoms in total. The molecule has 1 aliphatic rings. The molecule has 1 aromatic heterocycles. The number of aliphatic imine (C=N–C) groups is 1. The third-order valence-electron chi connectivity index (χ3n) is 3.74. The van der Waals surface area contributed by atoms with Crippen LogP contribution in [-0.2, 0) is 4.79 Å². The van der Waals surface area contributed by atoms with Gasteiger partial charge >= 0.3 is 0 Å². The van der Waals surface area contributed by atoms with Crippen LogP contribution < -0.4 is 4.74 Å². The van der Waals surface area contributed by atoms with Gasteiger partial charge in [-0.1, -0.05) is 6.92 Å². The maximum Gasteiger partial charge on any atom is 0.266 e. The van der Waals surface area contributed by atoms with Crippen molar-refractivity contribution in [2.24, 2.45) is 4.99 Å². The van der Waals surface area contributed by atoms with Gasteiger partial charge in [-0.15, -0.1) is 0 Å². The summed E-state index contributed by atoms with van der Waals surface area (Å²) in [5, 5.41) is 0.690. The zero-order chi connectivity index (χ0) is 18.5. The Morgan fingerprint density at radius 3 is 2.58 bits per heavy atom. The van der Waals surface area contributed by atoms with Gasteiger partial charge in [0.25, 0.3) is 5.91 Å². The number of amidine groups is 1. The normalized spacial score (nSPS) is 17.5. The molecule has 3 rings (SSSR count). The van der Waals surface area contributed by atoms with Crippen molar-refractivity contribution in [1.82, 2.24) is 4.90 Å². The molecule has 1 fully saturated rings. The highest BCUT2D eigenvalue weighted by Crippen LogP contribution is 2.34. The lowest BCUT2D eigenvalue weighted by molar-refractivity contribution is -0.122. The molecule has 0 spiro atoms. The fourth-order valence-corrected chi connectivity index (χ4v) is 3.57. The molecular weight excluding hydrogens is 348 g/mol. The van der Waals surface area contributed by atoms with Gasteiger partial charge in [-0.2, -0.15) is 0 Å². The van der Waals surface area contributed by atoms with Crippen molar-refractivity contribution < 1.29 is 13.9 Å². The highest BCUT2D eigenvalue weighted by Gasteiger charge is 2.33. The summed E-state index contributed by atoms with van der Waals surface area (Å²) in [5.74, 6) is 2.28. The molecule has 0 saturated carbocycles. The average molecular weight is 370 g/mol. The lowest BCUT2D eigenvalue weighted by Gasteiger charge is -2.14. The lowest BCUT2D eigenvalue weighted by Crippen LogP contribution is -2.29. The van der Waals surface area contributed by atoms with Crippen LogP contribution in [0.4, 0.5) is 5.69 Å². The molecule has 2 heterocycles. The Balaban J connectivity index is 1.87. The van der Waals surface area contributed by atoms with Gasteiger partial charge in [0.05, 0.1) is 17.2 Å². The SMILES string of the molecule is CCCN1C(=O)/C(=C/c2ccc(C)o2)SC1=Nc1ccc(OCC)cc1. The molecule has 0 radical (unpaired) electrons. The van der Waals surface area contributed by atoms with Crippen LogP contribution in [0.5, 0.6) is 5.75 Å². The molecule has 1 aliphatic heterocycles. The van der Waals surface area contributed by atoms with Crippen LogP contribution in [0.1, 0.15) is 31.8 Å². The predicted octanol–water partition coefficient (Wildman–Crippen LogP) is 5.00. The third kappa shape index (κ3) is 4.19. The van der Waals surface area contributed by atoms with Gasteiger partial charge in [0.2, 0.25) is 0 Å². The van der Waals surface area contributed by atoms with Crippen molar-refractivity contribution in [3.8, 4) is 5.75 Å². The number of carbonyl (C=O) groups is 1. The van der Waals surface area contributed by atoms with Crippen LogP contribution in [0.3, 0.4) is 0 Å². The Hall–Kier alpha value is -2.47.